The highest BCUT2D eigenvalue weighted by Crippen LogP contribution is 2.33. The molecule has 1 aromatic rings. The van der Waals surface area contributed by atoms with Crippen LogP contribution in [0.5, 0.6) is 0 Å². The van der Waals surface area contributed by atoms with Crippen LogP contribution in [0.15, 0.2) is 12.1 Å². The molecule has 4 nitrogen and oxygen atoms in total. The van der Waals surface area contributed by atoms with Crippen LogP contribution in [0.1, 0.15) is 38.2 Å². The van der Waals surface area contributed by atoms with Gasteiger partial charge in [0.2, 0.25) is 11.8 Å². The highest BCUT2D eigenvalue weighted by molar-refractivity contribution is 6.35. The van der Waals surface area contributed by atoms with Crippen molar-refractivity contribution in [2.45, 2.75) is 38.6 Å². The first-order valence-corrected chi connectivity index (χ1v) is 7.23. The van der Waals surface area contributed by atoms with E-state index in [1.807, 2.05) is 19.9 Å². The third-order valence-corrected chi connectivity index (χ3v) is 3.92. The fraction of sp³-hybridized carbons (Fsp3) is 0.429. The molecule has 2 N–H and O–H groups in total. The number of rotatable bonds is 3. The maximum Gasteiger partial charge on any atom is 0.249 e. The lowest BCUT2D eigenvalue weighted by molar-refractivity contribution is -0.133. The van der Waals surface area contributed by atoms with Gasteiger partial charge in [0.25, 0.3) is 0 Å². The molecule has 1 fully saturated rings. The monoisotopic (exact) mass is 314 g/mol. The van der Waals surface area contributed by atoms with E-state index in [9.17, 15) is 9.59 Å². The first-order chi connectivity index (χ1) is 9.38. The van der Waals surface area contributed by atoms with E-state index >= 15 is 0 Å². The van der Waals surface area contributed by atoms with Crippen LogP contribution < -0.4 is 10.6 Å². The van der Waals surface area contributed by atoms with Crippen molar-refractivity contribution in [3.05, 3.63) is 27.7 Å². The number of imide groups is 1. The number of halogens is 2. The number of amides is 2. The van der Waals surface area contributed by atoms with Crippen molar-refractivity contribution in [3.63, 3.8) is 0 Å². The van der Waals surface area contributed by atoms with Gasteiger partial charge >= 0.3 is 0 Å². The summed E-state index contributed by atoms with van der Waals surface area (Å²) in [5.41, 5.74) is 1.57. The molecule has 2 amide bonds. The zero-order valence-corrected chi connectivity index (χ0v) is 12.8. The van der Waals surface area contributed by atoms with Crippen LogP contribution in [0, 0.1) is 0 Å². The minimum Gasteiger partial charge on any atom is -0.372 e. The lowest BCUT2D eigenvalue weighted by Crippen LogP contribution is -2.47. The largest absolute Gasteiger partial charge is 0.372 e. The van der Waals surface area contributed by atoms with Gasteiger partial charge in [0, 0.05) is 11.4 Å². The van der Waals surface area contributed by atoms with Gasteiger partial charge in [-0.15, -0.1) is 0 Å². The first-order valence-electron chi connectivity index (χ1n) is 6.47. The second-order valence-corrected chi connectivity index (χ2v) is 5.97. The predicted octanol–water partition coefficient (Wildman–Crippen LogP) is 3.33. The number of carbonyl (C=O) groups is 2. The normalized spacial score (nSPS) is 19.1. The summed E-state index contributed by atoms with van der Waals surface area (Å²) in [7, 11) is 0. The van der Waals surface area contributed by atoms with Crippen LogP contribution in [0.25, 0.3) is 0 Å². The number of anilines is 1. The van der Waals surface area contributed by atoms with Gasteiger partial charge in [-0.1, -0.05) is 37.0 Å². The molecule has 1 saturated heterocycles. The van der Waals surface area contributed by atoms with E-state index in [0.717, 1.165) is 5.56 Å². The maximum absolute atomic E-state index is 11.7. The average molecular weight is 315 g/mol. The molecule has 0 bridgehead atoms. The summed E-state index contributed by atoms with van der Waals surface area (Å²) in [6, 6.07) is 3.07. The number of hydrogen-bond acceptors (Lipinski definition) is 3. The van der Waals surface area contributed by atoms with E-state index in [1.165, 1.54) is 0 Å². The summed E-state index contributed by atoms with van der Waals surface area (Å²) in [6.07, 6.45) is 0.767. The van der Waals surface area contributed by atoms with Gasteiger partial charge in [-0.05, 0) is 30.0 Å². The van der Waals surface area contributed by atoms with Gasteiger partial charge in [0.15, 0.2) is 0 Å². The fourth-order valence-electron chi connectivity index (χ4n) is 2.13. The summed E-state index contributed by atoms with van der Waals surface area (Å²) >= 11 is 12.4. The molecular formula is C14H16Cl2N2O2. The summed E-state index contributed by atoms with van der Waals surface area (Å²) in [6.45, 7) is 4.07. The van der Waals surface area contributed by atoms with E-state index in [0.29, 0.717) is 28.6 Å². The van der Waals surface area contributed by atoms with Crippen LogP contribution in [0.3, 0.4) is 0 Å². The molecule has 0 saturated carbocycles. The molecule has 2 rings (SSSR count). The molecule has 1 heterocycles. The quantitative estimate of drug-likeness (QED) is 0.841. The fourth-order valence-corrected chi connectivity index (χ4v) is 2.74. The Bertz CT molecular complexity index is 558. The van der Waals surface area contributed by atoms with Crippen molar-refractivity contribution in [2.24, 2.45) is 0 Å². The number of hydrogen-bond donors (Lipinski definition) is 2. The van der Waals surface area contributed by atoms with Crippen molar-refractivity contribution in [2.75, 3.05) is 5.32 Å². The lowest BCUT2D eigenvalue weighted by atomic mass is 10.0. The molecule has 1 aromatic carbocycles. The van der Waals surface area contributed by atoms with E-state index in [-0.39, 0.29) is 17.7 Å². The number of nitrogens with one attached hydrogen (secondary N) is 2. The molecule has 0 aliphatic carbocycles. The Morgan fingerprint density at radius 2 is 1.95 bits per heavy atom. The summed E-state index contributed by atoms with van der Waals surface area (Å²) in [5, 5.41) is 6.47. The van der Waals surface area contributed by atoms with Crippen molar-refractivity contribution in [1.82, 2.24) is 5.32 Å². The first kappa shape index (κ1) is 15.1. The van der Waals surface area contributed by atoms with E-state index in [1.54, 1.807) is 6.07 Å². The molecule has 0 aromatic heterocycles. The number of benzene rings is 1. The molecule has 1 unspecified atom stereocenters. The van der Waals surface area contributed by atoms with Crippen LogP contribution >= 0.6 is 23.2 Å². The molecule has 1 aliphatic rings. The van der Waals surface area contributed by atoms with Gasteiger partial charge in [-0.3, -0.25) is 14.9 Å². The van der Waals surface area contributed by atoms with Crippen LogP contribution in [-0.2, 0) is 9.59 Å². The molecule has 1 aliphatic heterocycles. The molecule has 0 radical (unpaired) electrons. The van der Waals surface area contributed by atoms with E-state index in [2.05, 4.69) is 10.6 Å². The highest BCUT2D eigenvalue weighted by atomic mass is 35.5. The Morgan fingerprint density at radius 1 is 1.25 bits per heavy atom. The standard InChI is InChI=1S/C14H16Cl2N2O2/c1-7(2)8-5-10(16)12(6-9(8)15)17-11-3-4-13(19)18-14(11)20/h5-7,11,17H,3-4H2,1-2H3,(H,18,19,20). The van der Waals surface area contributed by atoms with Gasteiger partial charge in [-0.2, -0.15) is 0 Å². The maximum atomic E-state index is 11.7. The Kier molecular flexibility index (Phi) is 4.55. The van der Waals surface area contributed by atoms with Gasteiger partial charge < -0.3 is 5.32 Å². The summed E-state index contributed by atoms with van der Waals surface area (Å²) in [5.74, 6) is -0.307. The molecule has 0 spiro atoms. The van der Waals surface area contributed by atoms with Crippen molar-refractivity contribution < 1.29 is 9.59 Å². The molecule has 108 valence electrons. The van der Waals surface area contributed by atoms with E-state index < -0.39 is 6.04 Å². The van der Waals surface area contributed by atoms with Crippen LogP contribution in [0.4, 0.5) is 5.69 Å². The SMILES string of the molecule is CC(C)c1cc(Cl)c(NC2CCC(=O)NC2=O)cc1Cl. The van der Waals surface area contributed by atoms with Gasteiger partial charge in [0.05, 0.1) is 10.7 Å². The summed E-state index contributed by atoms with van der Waals surface area (Å²) in [4.78, 5) is 22.8. The second kappa shape index (κ2) is 6.02. The Labute approximate surface area is 127 Å². The summed E-state index contributed by atoms with van der Waals surface area (Å²) < 4.78 is 0. The van der Waals surface area contributed by atoms with E-state index in [4.69, 9.17) is 23.2 Å². The van der Waals surface area contributed by atoms with Gasteiger partial charge in [-0.25, -0.2) is 0 Å². The smallest absolute Gasteiger partial charge is 0.249 e. The minimum absolute atomic E-state index is 0.243. The highest BCUT2D eigenvalue weighted by Gasteiger charge is 2.27. The molecular weight excluding hydrogens is 299 g/mol. The van der Waals surface area contributed by atoms with Crippen LogP contribution in [-0.4, -0.2) is 17.9 Å². The van der Waals surface area contributed by atoms with Crippen molar-refractivity contribution in [1.29, 1.82) is 0 Å². The minimum atomic E-state index is -0.467. The topological polar surface area (TPSA) is 58.2 Å². The van der Waals surface area contributed by atoms with Gasteiger partial charge in [0.1, 0.15) is 6.04 Å². The average Bonchev–Trinajstić information content (AvgIpc) is 2.36. The zero-order chi connectivity index (χ0) is 14.9. The van der Waals surface area contributed by atoms with Crippen molar-refractivity contribution in [3.8, 4) is 0 Å². The molecule has 6 heteroatoms. The lowest BCUT2D eigenvalue weighted by Gasteiger charge is -2.24. The van der Waals surface area contributed by atoms with Crippen molar-refractivity contribution >= 4 is 40.7 Å². The predicted molar refractivity (Wildman–Crippen MR) is 80.3 cm³/mol. The molecule has 1 atom stereocenters. The Balaban J connectivity index is 2.20. The second-order valence-electron chi connectivity index (χ2n) is 5.16. The third-order valence-electron chi connectivity index (χ3n) is 3.28. The number of carbonyl (C=O) groups excluding carboxylic acids is 2. The Morgan fingerprint density at radius 3 is 2.55 bits per heavy atom. The number of piperidine rings is 1. The van der Waals surface area contributed by atoms with Crippen LogP contribution in [0.2, 0.25) is 10.0 Å². The Hall–Kier alpha value is -1.26. The molecule has 20 heavy (non-hydrogen) atoms. The zero-order valence-electron chi connectivity index (χ0n) is 11.3. The third kappa shape index (κ3) is 3.25.